The Morgan fingerprint density at radius 2 is 2.15 bits per heavy atom. The van der Waals surface area contributed by atoms with Crippen molar-refractivity contribution < 1.29 is 9.53 Å². The SMILES string of the molecule is CC(=O)Nc1cc(NC2CCOC(C)(C)C2)ccc1C. The molecule has 1 aromatic carbocycles. The molecule has 0 saturated carbocycles. The van der Waals surface area contributed by atoms with E-state index in [-0.39, 0.29) is 11.5 Å². The molecule has 1 aromatic rings. The third-order valence-electron chi connectivity index (χ3n) is 3.62. The summed E-state index contributed by atoms with van der Waals surface area (Å²) in [5, 5.41) is 6.41. The van der Waals surface area contributed by atoms with Crippen LogP contribution in [0.1, 0.15) is 39.2 Å². The molecule has 0 aromatic heterocycles. The van der Waals surface area contributed by atoms with Crippen molar-refractivity contribution in [3.05, 3.63) is 23.8 Å². The topological polar surface area (TPSA) is 50.4 Å². The summed E-state index contributed by atoms with van der Waals surface area (Å²) >= 11 is 0. The Balaban J connectivity index is 2.07. The van der Waals surface area contributed by atoms with Crippen LogP contribution in [0.25, 0.3) is 0 Å². The molecule has 1 fully saturated rings. The average molecular weight is 276 g/mol. The highest BCUT2D eigenvalue weighted by Crippen LogP contribution is 2.28. The number of rotatable bonds is 3. The van der Waals surface area contributed by atoms with Crippen LogP contribution in [0.15, 0.2) is 18.2 Å². The molecule has 1 aliphatic heterocycles. The molecule has 4 nitrogen and oxygen atoms in total. The Bertz CT molecular complexity index is 497. The van der Waals surface area contributed by atoms with Gasteiger partial charge in [0.1, 0.15) is 0 Å². The summed E-state index contributed by atoms with van der Waals surface area (Å²) in [6.07, 6.45) is 1.99. The van der Waals surface area contributed by atoms with Crippen molar-refractivity contribution in [2.45, 2.75) is 52.2 Å². The summed E-state index contributed by atoms with van der Waals surface area (Å²) in [5.74, 6) is -0.0440. The third kappa shape index (κ3) is 3.97. The Kier molecular flexibility index (Phi) is 4.33. The maximum Gasteiger partial charge on any atom is 0.221 e. The molecule has 1 amide bonds. The maximum absolute atomic E-state index is 11.2. The minimum atomic E-state index is -0.0684. The summed E-state index contributed by atoms with van der Waals surface area (Å²) in [4.78, 5) is 11.2. The van der Waals surface area contributed by atoms with E-state index in [0.717, 1.165) is 36.4 Å². The molecular weight excluding hydrogens is 252 g/mol. The van der Waals surface area contributed by atoms with Crippen LogP contribution < -0.4 is 10.6 Å². The lowest BCUT2D eigenvalue weighted by Gasteiger charge is -2.36. The smallest absolute Gasteiger partial charge is 0.221 e. The lowest BCUT2D eigenvalue weighted by molar-refractivity contribution is -0.114. The summed E-state index contributed by atoms with van der Waals surface area (Å²) in [6.45, 7) is 8.56. The number of aryl methyl sites for hydroxylation is 1. The molecule has 0 bridgehead atoms. The molecule has 1 aliphatic rings. The number of benzene rings is 1. The van der Waals surface area contributed by atoms with E-state index in [0.29, 0.717) is 6.04 Å². The van der Waals surface area contributed by atoms with Gasteiger partial charge in [0.05, 0.1) is 5.60 Å². The zero-order chi connectivity index (χ0) is 14.8. The molecule has 1 atom stereocenters. The fourth-order valence-electron chi connectivity index (χ4n) is 2.63. The molecule has 0 radical (unpaired) electrons. The number of anilines is 2. The van der Waals surface area contributed by atoms with E-state index in [1.54, 1.807) is 0 Å². The molecule has 1 saturated heterocycles. The second kappa shape index (κ2) is 5.83. The quantitative estimate of drug-likeness (QED) is 0.890. The fourth-order valence-corrected chi connectivity index (χ4v) is 2.63. The van der Waals surface area contributed by atoms with Crippen molar-refractivity contribution in [2.75, 3.05) is 17.2 Å². The van der Waals surface area contributed by atoms with E-state index in [2.05, 4.69) is 30.5 Å². The van der Waals surface area contributed by atoms with Crippen LogP contribution in [0.2, 0.25) is 0 Å². The minimum absolute atomic E-state index is 0.0440. The lowest BCUT2D eigenvalue weighted by atomic mass is 9.93. The van der Waals surface area contributed by atoms with Crippen molar-refractivity contribution in [2.24, 2.45) is 0 Å². The van der Waals surface area contributed by atoms with Gasteiger partial charge in [-0.25, -0.2) is 0 Å². The van der Waals surface area contributed by atoms with Crippen LogP contribution in [0.3, 0.4) is 0 Å². The molecule has 4 heteroatoms. The van der Waals surface area contributed by atoms with Crippen LogP contribution in [-0.2, 0) is 9.53 Å². The van der Waals surface area contributed by atoms with Gasteiger partial charge in [0, 0.05) is 30.9 Å². The monoisotopic (exact) mass is 276 g/mol. The van der Waals surface area contributed by atoms with E-state index < -0.39 is 0 Å². The minimum Gasteiger partial charge on any atom is -0.382 e. The van der Waals surface area contributed by atoms with Crippen molar-refractivity contribution in [1.82, 2.24) is 0 Å². The molecule has 2 rings (SSSR count). The van der Waals surface area contributed by atoms with Crippen LogP contribution >= 0.6 is 0 Å². The summed E-state index contributed by atoms with van der Waals surface area (Å²) in [5.41, 5.74) is 2.91. The van der Waals surface area contributed by atoms with Gasteiger partial charge in [-0.1, -0.05) is 6.07 Å². The summed E-state index contributed by atoms with van der Waals surface area (Å²) < 4.78 is 5.73. The summed E-state index contributed by atoms with van der Waals surface area (Å²) in [7, 11) is 0. The first-order valence-corrected chi connectivity index (χ1v) is 7.14. The van der Waals surface area contributed by atoms with Crippen LogP contribution in [0, 0.1) is 6.92 Å². The number of hydrogen-bond acceptors (Lipinski definition) is 3. The molecule has 1 unspecified atom stereocenters. The number of nitrogens with one attached hydrogen (secondary N) is 2. The predicted molar refractivity (Wildman–Crippen MR) is 82.2 cm³/mol. The lowest BCUT2D eigenvalue weighted by Crippen LogP contribution is -2.40. The first-order valence-electron chi connectivity index (χ1n) is 7.14. The van der Waals surface area contributed by atoms with Crippen LogP contribution in [-0.4, -0.2) is 24.2 Å². The zero-order valence-electron chi connectivity index (χ0n) is 12.7. The third-order valence-corrected chi connectivity index (χ3v) is 3.62. The van der Waals surface area contributed by atoms with Gasteiger partial charge in [-0.2, -0.15) is 0 Å². The zero-order valence-corrected chi connectivity index (χ0v) is 12.7. The Morgan fingerprint density at radius 3 is 2.80 bits per heavy atom. The van der Waals surface area contributed by atoms with Crippen molar-refractivity contribution in [3.63, 3.8) is 0 Å². The van der Waals surface area contributed by atoms with Gasteiger partial charge >= 0.3 is 0 Å². The van der Waals surface area contributed by atoms with Gasteiger partial charge in [0.15, 0.2) is 0 Å². The van der Waals surface area contributed by atoms with Gasteiger partial charge in [-0.15, -0.1) is 0 Å². The highest BCUT2D eigenvalue weighted by Gasteiger charge is 2.28. The Labute approximate surface area is 120 Å². The van der Waals surface area contributed by atoms with Gasteiger partial charge in [-0.3, -0.25) is 4.79 Å². The van der Waals surface area contributed by atoms with E-state index >= 15 is 0 Å². The highest BCUT2D eigenvalue weighted by atomic mass is 16.5. The van der Waals surface area contributed by atoms with Gasteiger partial charge < -0.3 is 15.4 Å². The largest absolute Gasteiger partial charge is 0.382 e. The molecule has 20 heavy (non-hydrogen) atoms. The second-order valence-corrected chi connectivity index (χ2v) is 6.15. The van der Waals surface area contributed by atoms with Crippen molar-refractivity contribution in [3.8, 4) is 0 Å². The summed E-state index contributed by atoms with van der Waals surface area (Å²) in [6, 6.07) is 6.49. The van der Waals surface area contributed by atoms with Gasteiger partial charge in [0.25, 0.3) is 0 Å². The first-order chi connectivity index (χ1) is 9.35. The van der Waals surface area contributed by atoms with Crippen molar-refractivity contribution in [1.29, 1.82) is 0 Å². The molecule has 0 spiro atoms. The van der Waals surface area contributed by atoms with Crippen LogP contribution in [0.4, 0.5) is 11.4 Å². The second-order valence-electron chi connectivity index (χ2n) is 6.15. The fraction of sp³-hybridized carbons (Fsp3) is 0.562. The molecular formula is C16H24N2O2. The van der Waals surface area contributed by atoms with Gasteiger partial charge in [0.2, 0.25) is 5.91 Å². The highest BCUT2D eigenvalue weighted by molar-refractivity contribution is 5.90. The Morgan fingerprint density at radius 1 is 1.40 bits per heavy atom. The number of carbonyl (C=O) groups excluding carboxylic acids is 1. The molecule has 1 heterocycles. The van der Waals surface area contributed by atoms with Crippen molar-refractivity contribution >= 4 is 17.3 Å². The number of hydrogen-bond donors (Lipinski definition) is 2. The van der Waals surface area contributed by atoms with E-state index in [1.807, 2.05) is 19.1 Å². The van der Waals surface area contributed by atoms with Crippen LogP contribution in [0.5, 0.6) is 0 Å². The predicted octanol–water partition coefficient (Wildman–Crippen LogP) is 3.32. The van der Waals surface area contributed by atoms with E-state index in [4.69, 9.17) is 4.74 Å². The normalized spacial score (nSPS) is 21.3. The maximum atomic E-state index is 11.2. The van der Waals surface area contributed by atoms with E-state index in [9.17, 15) is 4.79 Å². The number of carbonyl (C=O) groups is 1. The molecule has 0 aliphatic carbocycles. The molecule has 2 N–H and O–H groups in total. The number of ether oxygens (including phenoxy) is 1. The number of amides is 1. The Hall–Kier alpha value is -1.55. The standard InChI is InChI=1S/C16H24N2O2/c1-11-5-6-13(9-15(11)17-12(2)19)18-14-7-8-20-16(3,4)10-14/h5-6,9,14,18H,7-8,10H2,1-4H3,(H,17,19). The average Bonchev–Trinajstić information content (AvgIpc) is 2.31. The first kappa shape index (κ1) is 14.9. The molecule has 110 valence electrons. The van der Waals surface area contributed by atoms with Gasteiger partial charge in [-0.05, 0) is 51.3 Å². The van der Waals surface area contributed by atoms with E-state index in [1.165, 1.54) is 6.92 Å².